The van der Waals surface area contributed by atoms with E-state index in [1.54, 1.807) is 30.3 Å². The van der Waals surface area contributed by atoms with Crippen molar-refractivity contribution in [3.8, 4) is 5.75 Å². The summed E-state index contributed by atoms with van der Waals surface area (Å²) in [6, 6.07) is 10.6. The second-order valence-electron chi connectivity index (χ2n) is 6.20. The summed E-state index contributed by atoms with van der Waals surface area (Å²) in [7, 11) is 0. The maximum atomic E-state index is 12.1. The number of benzene rings is 2. The van der Waals surface area contributed by atoms with Crippen LogP contribution in [0.4, 0.5) is 5.69 Å². The van der Waals surface area contributed by atoms with Crippen LogP contribution in [0.5, 0.6) is 5.75 Å². The van der Waals surface area contributed by atoms with Crippen LogP contribution in [0, 0.1) is 6.92 Å². The Hall–Kier alpha value is -2.05. The number of anilines is 1. The fourth-order valence-electron chi connectivity index (χ4n) is 2.41. The largest absolute Gasteiger partial charge is 0.482 e. The number of aryl methyl sites for hydroxylation is 1. The number of hydrogen-bond acceptors (Lipinski definition) is 3. The van der Waals surface area contributed by atoms with E-state index in [1.807, 2.05) is 13.0 Å². The third-order valence-corrected chi connectivity index (χ3v) is 4.62. The van der Waals surface area contributed by atoms with E-state index in [4.69, 9.17) is 16.3 Å². The van der Waals surface area contributed by atoms with Crippen LogP contribution in [0.1, 0.15) is 28.8 Å². The van der Waals surface area contributed by atoms with Gasteiger partial charge >= 0.3 is 0 Å². The molecule has 136 valence electrons. The molecule has 2 aromatic carbocycles. The highest BCUT2D eigenvalue weighted by molar-refractivity contribution is 9.10. The lowest BCUT2D eigenvalue weighted by molar-refractivity contribution is -0.118. The molecule has 1 aliphatic rings. The summed E-state index contributed by atoms with van der Waals surface area (Å²) >= 11 is 9.50. The third-order valence-electron chi connectivity index (χ3n) is 3.89. The summed E-state index contributed by atoms with van der Waals surface area (Å²) < 4.78 is 6.39. The van der Waals surface area contributed by atoms with Gasteiger partial charge in [0.2, 0.25) is 0 Å². The molecule has 0 bridgehead atoms. The molecule has 0 saturated heterocycles. The molecular formula is C19H18BrClN2O3. The van der Waals surface area contributed by atoms with E-state index in [1.165, 1.54) is 0 Å². The standard InChI is InChI=1S/C19H18BrClN2O3/c1-11-8-13(20)9-16(21)18(11)26-10-17(24)22-14-4-2-12(3-5-14)19(25)23-15-6-7-15/h2-5,8-9,15H,6-7,10H2,1H3,(H,22,24)(H,23,25). The van der Waals surface area contributed by atoms with Crippen molar-refractivity contribution in [3.05, 3.63) is 57.0 Å². The van der Waals surface area contributed by atoms with Gasteiger partial charge in [0.15, 0.2) is 6.61 Å². The lowest BCUT2D eigenvalue weighted by Gasteiger charge is -2.12. The van der Waals surface area contributed by atoms with Crippen molar-refractivity contribution < 1.29 is 14.3 Å². The fraction of sp³-hybridized carbons (Fsp3) is 0.263. The predicted molar refractivity (Wildman–Crippen MR) is 105 cm³/mol. The number of hydrogen-bond donors (Lipinski definition) is 2. The van der Waals surface area contributed by atoms with Crippen LogP contribution in [0.3, 0.4) is 0 Å². The molecule has 0 unspecified atom stereocenters. The number of halogens is 2. The normalized spacial score (nSPS) is 13.2. The van der Waals surface area contributed by atoms with Gasteiger partial charge in [-0.25, -0.2) is 0 Å². The van der Waals surface area contributed by atoms with Crippen molar-refractivity contribution in [1.29, 1.82) is 0 Å². The van der Waals surface area contributed by atoms with Crippen LogP contribution in [0.2, 0.25) is 5.02 Å². The molecule has 0 radical (unpaired) electrons. The molecule has 5 nitrogen and oxygen atoms in total. The number of carbonyl (C=O) groups excluding carboxylic acids is 2. The number of amides is 2. The first-order valence-electron chi connectivity index (χ1n) is 8.21. The van der Waals surface area contributed by atoms with Crippen molar-refractivity contribution in [2.24, 2.45) is 0 Å². The van der Waals surface area contributed by atoms with Crippen molar-refractivity contribution >= 4 is 45.0 Å². The van der Waals surface area contributed by atoms with E-state index in [0.29, 0.717) is 28.1 Å². The molecule has 1 aliphatic carbocycles. The fourth-order valence-corrected chi connectivity index (χ4v) is 3.43. The van der Waals surface area contributed by atoms with E-state index >= 15 is 0 Å². The second-order valence-corrected chi connectivity index (χ2v) is 7.52. The molecule has 1 fully saturated rings. The summed E-state index contributed by atoms with van der Waals surface area (Å²) in [5.74, 6) is 0.0877. The molecule has 0 spiro atoms. The third kappa shape index (κ3) is 4.99. The van der Waals surface area contributed by atoms with Crippen LogP contribution >= 0.6 is 27.5 Å². The Labute approximate surface area is 165 Å². The molecular weight excluding hydrogens is 420 g/mol. The Morgan fingerprint density at radius 1 is 1.23 bits per heavy atom. The van der Waals surface area contributed by atoms with Gasteiger partial charge in [-0.05, 0) is 61.7 Å². The molecule has 26 heavy (non-hydrogen) atoms. The van der Waals surface area contributed by atoms with Gasteiger partial charge < -0.3 is 15.4 Å². The highest BCUT2D eigenvalue weighted by Gasteiger charge is 2.23. The smallest absolute Gasteiger partial charge is 0.262 e. The molecule has 0 atom stereocenters. The van der Waals surface area contributed by atoms with E-state index in [2.05, 4.69) is 26.6 Å². The zero-order valence-corrected chi connectivity index (χ0v) is 16.5. The number of rotatable bonds is 6. The number of carbonyl (C=O) groups is 2. The topological polar surface area (TPSA) is 67.4 Å². The second kappa shape index (κ2) is 8.10. The van der Waals surface area contributed by atoms with Crippen molar-refractivity contribution in [2.75, 3.05) is 11.9 Å². The van der Waals surface area contributed by atoms with E-state index in [-0.39, 0.29) is 18.4 Å². The summed E-state index contributed by atoms with van der Waals surface area (Å²) in [4.78, 5) is 24.0. The zero-order chi connectivity index (χ0) is 18.7. The minimum absolute atomic E-state index is 0.0888. The van der Waals surface area contributed by atoms with Crippen LogP contribution in [0.15, 0.2) is 40.9 Å². The minimum Gasteiger partial charge on any atom is -0.482 e. The molecule has 7 heteroatoms. The molecule has 1 saturated carbocycles. The quantitative estimate of drug-likeness (QED) is 0.707. The molecule has 3 rings (SSSR count). The molecule has 0 heterocycles. The van der Waals surface area contributed by atoms with E-state index < -0.39 is 0 Å². The first-order chi connectivity index (χ1) is 12.4. The maximum Gasteiger partial charge on any atom is 0.262 e. The van der Waals surface area contributed by atoms with Crippen molar-refractivity contribution in [2.45, 2.75) is 25.8 Å². The average Bonchev–Trinajstić information content (AvgIpc) is 3.38. The highest BCUT2D eigenvalue weighted by atomic mass is 79.9. The Morgan fingerprint density at radius 2 is 1.92 bits per heavy atom. The van der Waals surface area contributed by atoms with Gasteiger partial charge in [-0.1, -0.05) is 27.5 Å². The summed E-state index contributed by atoms with van der Waals surface area (Å²) in [5, 5.41) is 6.10. The molecule has 2 amide bonds. The van der Waals surface area contributed by atoms with Gasteiger partial charge in [0.25, 0.3) is 11.8 Å². The molecule has 2 aromatic rings. The molecule has 0 aliphatic heterocycles. The summed E-state index contributed by atoms with van der Waals surface area (Å²) in [6.45, 7) is 1.70. The predicted octanol–water partition coefficient (Wildman–Crippen LogP) is 4.32. The van der Waals surface area contributed by atoms with Crippen LogP contribution in [-0.2, 0) is 4.79 Å². The van der Waals surface area contributed by atoms with Crippen LogP contribution < -0.4 is 15.4 Å². The lowest BCUT2D eigenvalue weighted by Crippen LogP contribution is -2.25. The van der Waals surface area contributed by atoms with E-state index in [0.717, 1.165) is 22.9 Å². The van der Waals surface area contributed by atoms with Crippen LogP contribution in [0.25, 0.3) is 0 Å². The molecule has 2 N–H and O–H groups in total. The van der Waals surface area contributed by atoms with E-state index in [9.17, 15) is 9.59 Å². The Kier molecular flexibility index (Phi) is 5.84. The van der Waals surface area contributed by atoms with Gasteiger partial charge in [0.1, 0.15) is 5.75 Å². The first kappa shape index (κ1) is 18.7. The highest BCUT2D eigenvalue weighted by Crippen LogP contribution is 2.32. The van der Waals surface area contributed by atoms with Crippen molar-refractivity contribution in [3.63, 3.8) is 0 Å². The van der Waals surface area contributed by atoms with Crippen molar-refractivity contribution in [1.82, 2.24) is 5.32 Å². The monoisotopic (exact) mass is 436 g/mol. The van der Waals surface area contributed by atoms with Gasteiger partial charge in [-0.15, -0.1) is 0 Å². The Bertz CT molecular complexity index is 812. The number of ether oxygens (including phenoxy) is 1. The molecule has 0 aromatic heterocycles. The van der Waals surface area contributed by atoms with Gasteiger partial charge in [0.05, 0.1) is 5.02 Å². The van der Waals surface area contributed by atoms with Gasteiger partial charge in [-0.3, -0.25) is 9.59 Å². The van der Waals surface area contributed by atoms with Gasteiger partial charge in [-0.2, -0.15) is 0 Å². The lowest BCUT2D eigenvalue weighted by atomic mass is 10.2. The minimum atomic E-state index is -0.307. The Morgan fingerprint density at radius 3 is 2.54 bits per heavy atom. The summed E-state index contributed by atoms with van der Waals surface area (Å²) in [6.07, 6.45) is 2.09. The van der Waals surface area contributed by atoms with Crippen LogP contribution in [-0.4, -0.2) is 24.5 Å². The van der Waals surface area contributed by atoms with Gasteiger partial charge in [0, 0.05) is 21.8 Å². The average molecular weight is 438 g/mol. The Balaban J connectivity index is 1.54. The summed E-state index contributed by atoms with van der Waals surface area (Å²) in [5.41, 5.74) is 2.01. The maximum absolute atomic E-state index is 12.1. The SMILES string of the molecule is Cc1cc(Br)cc(Cl)c1OCC(=O)Nc1ccc(C(=O)NC2CC2)cc1. The zero-order valence-electron chi connectivity index (χ0n) is 14.1. The first-order valence-corrected chi connectivity index (χ1v) is 9.38. The number of nitrogens with one attached hydrogen (secondary N) is 2.